The van der Waals surface area contributed by atoms with Gasteiger partial charge in [-0.05, 0) is 43.2 Å². The summed E-state index contributed by atoms with van der Waals surface area (Å²) in [6, 6.07) is 12.6. The first-order valence-corrected chi connectivity index (χ1v) is 8.68. The molecule has 1 fully saturated rings. The molecular weight excluding hydrogens is 332 g/mol. The van der Waals surface area contributed by atoms with Crippen LogP contribution in [0.5, 0.6) is 0 Å². The van der Waals surface area contributed by atoms with E-state index in [0.29, 0.717) is 41.3 Å². The summed E-state index contributed by atoms with van der Waals surface area (Å²) in [5.74, 6) is -0.102. The van der Waals surface area contributed by atoms with Gasteiger partial charge in [-0.2, -0.15) is 0 Å². The standard InChI is InChI=1S/C20H16N2O4/c23-19-14-8-7-12(18-21-16-5-1-2-6-17(16)26-18)10-15(14)20(24)22(19)11-13-4-3-9-25-13/h1-2,5-8,10,13H,3-4,9,11H2/t13-/m1/s1. The number of rotatable bonds is 3. The van der Waals surface area contributed by atoms with Gasteiger partial charge < -0.3 is 9.15 Å². The third kappa shape index (κ3) is 2.34. The monoisotopic (exact) mass is 348 g/mol. The highest BCUT2D eigenvalue weighted by molar-refractivity contribution is 6.21. The van der Waals surface area contributed by atoms with Crippen LogP contribution < -0.4 is 0 Å². The van der Waals surface area contributed by atoms with Crippen molar-refractivity contribution >= 4 is 22.9 Å². The van der Waals surface area contributed by atoms with Crippen LogP contribution in [0, 0.1) is 0 Å². The number of hydrogen-bond donors (Lipinski definition) is 0. The lowest BCUT2D eigenvalue weighted by atomic mass is 10.1. The van der Waals surface area contributed by atoms with E-state index in [9.17, 15) is 9.59 Å². The number of benzene rings is 2. The second-order valence-electron chi connectivity index (χ2n) is 6.60. The van der Waals surface area contributed by atoms with E-state index in [1.807, 2.05) is 24.3 Å². The summed E-state index contributed by atoms with van der Waals surface area (Å²) >= 11 is 0. The van der Waals surface area contributed by atoms with Gasteiger partial charge in [0.15, 0.2) is 5.58 Å². The Morgan fingerprint density at radius 3 is 2.73 bits per heavy atom. The number of nitrogens with zero attached hydrogens (tertiary/aromatic N) is 2. The fraction of sp³-hybridized carbons (Fsp3) is 0.250. The predicted molar refractivity (Wildman–Crippen MR) is 93.8 cm³/mol. The SMILES string of the molecule is O=C1c2ccc(-c3nc4ccccc4o3)cc2C(=O)N1C[C@H]1CCCO1. The lowest BCUT2D eigenvalue weighted by Gasteiger charge is -2.17. The molecule has 2 amide bonds. The van der Waals surface area contributed by atoms with Gasteiger partial charge in [0, 0.05) is 12.2 Å². The fourth-order valence-electron chi connectivity index (χ4n) is 3.58. The maximum atomic E-state index is 12.7. The van der Waals surface area contributed by atoms with Gasteiger partial charge in [0.1, 0.15) is 5.52 Å². The first-order chi connectivity index (χ1) is 12.7. The molecule has 6 nitrogen and oxygen atoms in total. The second kappa shape index (κ2) is 5.78. The Hall–Kier alpha value is -2.99. The average Bonchev–Trinajstić information content (AvgIpc) is 3.37. The molecule has 130 valence electrons. The number of imide groups is 1. The van der Waals surface area contributed by atoms with Gasteiger partial charge in [0.05, 0.1) is 23.8 Å². The molecule has 0 unspecified atom stereocenters. The first kappa shape index (κ1) is 15.3. The number of ether oxygens (including phenoxy) is 1. The summed E-state index contributed by atoms with van der Waals surface area (Å²) in [7, 11) is 0. The first-order valence-electron chi connectivity index (χ1n) is 8.68. The predicted octanol–water partition coefficient (Wildman–Crippen LogP) is 3.27. The van der Waals surface area contributed by atoms with Crippen molar-refractivity contribution in [1.82, 2.24) is 9.88 Å². The zero-order chi connectivity index (χ0) is 17.7. The van der Waals surface area contributed by atoms with Gasteiger partial charge >= 0.3 is 0 Å². The van der Waals surface area contributed by atoms with Gasteiger partial charge in [-0.15, -0.1) is 0 Å². The quantitative estimate of drug-likeness (QED) is 0.679. The second-order valence-corrected chi connectivity index (χ2v) is 6.60. The summed E-state index contributed by atoms with van der Waals surface area (Å²) in [5, 5.41) is 0. The van der Waals surface area contributed by atoms with Crippen molar-refractivity contribution in [1.29, 1.82) is 0 Å². The van der Waals surface area contributed by atoms with Crippen molar-refractivity contribution < 1.29 is 18.7 Å². The molecule has 0 radical (unpaired) electrons. The van der Waals surface area contributed by atoms with Gasteiger partial charge in [-0.25, -0.2) is 4.98 Å². The van der Waals surface area contributed by atoms with E-state index in [2.05, 4.69) is 4.98 Å². The van der Waals surface area contributed by atoms with E-state index in [-0.39, 0.29) is 17.9 Å². The molecule has 0 aliphatic carbocycles. The van der Waals surface area contributed by atoms with Gasteiger partial charge in [-0.1, -0.05) is 12.1 Å². The van der Waals surface area contributed by atoms with Crippen LogP contribution in [0.15, 0.2) is 46.9 Å². The fourth-order valence-corrected chi connectivity index (χ4v) is 3.58. The molecule has 26 heavy (non-hydrogen) atoms. The Labute approximate surface area is 149 Å². The summed E-state index contributed by atoms with van der Waals surface area (Å²) in [6.45, 7) is 1.00. The molecule has 2 aliphatic rings. The van der Waals surface area contributed by atoms with Crippen molar-refractivity contribution in [3.05, 3.63) is 53.6 Å². The Kier molecular flexibility index (Phi) is 3.39. The molecule has 6 heteroatoms. The number of para-hydroxylation sites is 2. The lowest BCUT2D eigenvalue weighted by molar-refractivity contribution is 0.0475. The molecular formula is C20H16N2O4. The topological polar surface area (TPSA) is 72.6 Å². The smallest absolute Gasteiger partial charge is 0.261 e. The molecule has 5 rings (SSSR count). The third-order valence-corrected chi connectivity index (χ3v) is 4.92. The van der Waals surface area contributed by atoms with Crippen LogP contribution >= 0.6 is 0 Å². The summed E-state index contributed by atoms with van der Waals surface area (Å²) in [4.78, 5) is 31.1. The highest BCUT2D eigenvalue weighted by atomic mass is 16.5. The average molecular weight is 348 g/mol. The molecule has 0 bridgehead atoms. The van der Waals surface area contributed by atoms with Crippen molar-refractivity contribution in [3.8, 4) is 11.5 Å². The summed E-state index contributed by atoms with van der Waals surface area (Å²) in [5.41, 5.74) is 2.94. The Morgan fingerprint density at radius 2 is 1.92 bits per heavy atom. The van der Waals surface area contributed by atoms with Crippen molar-refractivity contribution in [2.45, 2.75) is 18.9 Å². The zero-order valence-electron chi connectivity index (χ0n) is 14.0. The molecule has 3 heterocycles. The molecule has 3 aromatic rings. The summed E-state index contributed by atoms with van der Waals surface area (Å²) < 4.78 is 11.3. The van der Waals surface area contributed by atoms with E-state index >= 15 is 0 Å². The Balaban J connectivity index is 1.49. The van der Waals surface area contributed by atoms with Crippen LogP contribution in [0.4, 0.5) is 0 Å². The van der Waals surface area contributed by atoms with Gasteiger partial charge in [0.25, 0.3) is 11.8 Å². The van der Waals surface area contributed by atoms with E-state index in [0.717, 1.165) is 18.4 Å². The molecule has 0 N–H and O–H groups in total. The van der Waals surface area contributed by atoms with E-state index < -0.39 is 0 Å². The van der Waals surface area contributed by atoms with Crippen LogP contribution in [-0.4, -0.2) is 41.0 Å². The largest absolute Gasteiger partial charge is 0.436 e. The zero-order valence-corrected chi connectivity index (χ0v) is 14.0. The van der Waals surface area contributed by atoms with E-state index in [1.54, 1.807) is 18.2 Å². The highest BCUT2D eigenvalue weighted by Crippen LogP contribution is 2.30. The van der Waals surface area contributed by atoms with E-state index in [4.69, 9.17) is 9.15 Å². The van der Waals surface area contributed by atoms with Crippen LogP contribution in [-0.2, 0) is 4.74 Å². The van der Waals surface area contributed by atoms with Gasteiger partial charge in [-0.3, -0.25) is 14.5 Å². The van der Waals surface area contributed by atoms with Crippen LogP contribution in [0.1, 0.15) is 33.6 Å². The molecule has 0 spiro atoms. The third-order valence-electron chi connectivity index (χ3n) is 4.92. The minimum atomic E-state index is -0.279. The van der Waals surface area contributed by atoms with Crippen molar-refractivity contribution in [2.24, 2.45) is 0 Å². The molecule has 1 saturated heterocycles. The Bertz CT molecular complexity index is 1000. The number of amides is 2. The number of aromatic nitrogens is 1. The van der Waals surface area contributed by atoms with Crippen molar-refractivity contribution in [3.63, 3.8) is 0 Å². The normalized spacial score (nSPS) is 19.5. The molecule has 2 aliphatic heterocycles. The van der Waals surface area contributed by atoms with E-state index in [1.165, 1.54) is 4.90 Å². The number of carbonyl (C=O) groups is 2. The highest BCUT2D eigenvalue weighted by Gasteiger charge is 2.37. The molecule has 1 atom stereocenters. The number of hydrogen-bond acceptors (Lipinski definition) is 5. The van der Waals surface area contributed by atoms with Crippen LogP contribution in [0.3, 0.4) is 0 Å². The summed E-state index contributed by atoms with van der Waals surface area (Å²) in [6.07, 6.45) is 1.78. The number of carbonyl (C=O) groups excluding carboxylic acids is 2. The van der Waals surface area contributed by atoms with Crippen LogP contribution in [0.2, 0.25) is 0 Å². The minimum absolute atomic E-state index is 0.0614. The lowest BCUT2D eigenvalue weighted by Crippen LogP contribution is -2.36. The van der Waals surface area contributed by atoms with Gasteiger partial charge in [0.2, 0.25) is 5.89 Å². The molecule has 1 aromatic heterocycles. The molecule has 0 saturated carbocycles. The maximum absolute atomic E-state index is 12.7. The molecule has 2 aromatic carbocycles. The number of oxazole rings is 1. The Morgan fingerprint density at radius 1 is 1.08 bits per heavy atom. The number of fused-ring (bicyclic) bond motifs is 2. The minimum Gasteiger partial charge on any atom is -0.436 e. The maximum Gasteiger partial charge on any atom is 0.261 e. The van der Waals surface area contributed by atoms with Crippen molar-refractivity contribution in [2.75, 3.05) is 13.2 Å². The van der Waals surface area contributed by atoms with Crippen LogP contribution in [0.25, 0.3) is 22.6 Å².